The van der Waals surface area contributed by atoms with Crippen molar-refractivity contribution in [1.82, 2.24) is 0 Å². The third-order valence-electron chi connectivity index (χ3n) is 4.60. The van der Waals surface area contributed by atoms with Crippen LogP contribution in [0.4, 0.5) is 0 Å². The van der Waals surface area contributed by atoms with Crippen molar-refractivity contribution in [3.8, 4) is 0 Å². The Morgan fingerprint density at radius 3 is 2.12 bits per heavy atom. The molecule has 3 unspecified atom stereocenters. The molecule has 0 nitrogen and oxygen atoms in total. The van der Waals surface area contributed by atoms with Gasteiger partial charge in [0.25, 0.3) is 0 Å². The van der Waals surface area contributed by atoms with Gasteiger partial charge in [-0.25, -0.2) is 0 Å². The molecule has 0 amide bonds. The lowest BCUT2D eigenvalue weighted by molar-refractivity contribution is 0.347. The molecule has 0 radical (unpaired) electrons. The lowest BCUT2D eigenvalue weighted by atomic mass is 9.89. The maximum absolute atomic E-state index is 2.48. The van der Waals surface area contributed by atoms with Gasteiger partial charge >= 0.3 is 0 Å². The standard InChI is InChI=1S/C16H32/c1-13(2)9-7-6-8-10-14(3)11-16(5)12-15(16)4/h13-15H,6-12H2,1-5H3. The van der Waals surface area contributed by atoms with Gasteiger partial charge in [-0.05, 0) is 36.0 Å². The Bertz CT molecular complexity index is 194. The highest BCUT2D eigenvalue weighted by Crippen LogP contribution is 2.56. The fourth-order valence-electron chi connectivity index (χ4n) is 3.05. The summed E-state index contributed by atoms with van der Waals surface area (Å²) in [5, 5.41) is 0. The number of unbranched alkanes of at least 4 members (excludes halogenated alkanes) is 2. The topological polar surface area (TPSA) is 0 Å². The zero-order valence-electron chi connectivity index (χ0n) is 12.2. The maximum Gasteiger partial charge on any atom is -0.0295 e. The van der Waals surface area contributed by atoms with E-state index in [1.165, 1.54) is 44.9 Å². The molecule has 0 aromatic heterocycles. The summed E-state index contributed by atoms with van der Waals surface area (Å²) in [5.41, 5.74) is 0.720. The van der Waals surface area contributed by atoms with Crippen LogP contribution in [-0.2, 0) is 0 Å². The van der Waals surface area contributed by atoms with Crippen molar-refractivity contribution in [1.29, 1.82) is 0 Å². The Morgan fingerprint density at radius 1 is 1.06 bits per heavy atom. The summed E-state index contributed by atoms with van der Waals surface area (Å²) in [4.78, 5) is 0. The van der Waals surface area contributed by atoms with Crippen molar-refractivity contribution in [3.05, 3.63) is 0 Å². The predicted octanol–water partition coefficient (Wildman–Crippen LogP) is 5.67. The van der Waals surface area contributed by atoms with Crippen molar-refractivity contribution in [2.24, 2.45) is 23.2 Å². The predicted molar refractivity (Wildman–Crippen MR) is 73.6 cm³/mol. The molecular weight excluding hydrogens is 192 g/mol. The van der Waals surface area contributed by atoms with E-state index in [0.717, 1.165) is 23.2 Å². The molecule has 1 saturated carbocycles. The van der Waals surface area contributed by atoms with Gasteiger partial charge in [0.15, 0.2) is 0 Å². The number of hydrogen-bond donors (Lipinski definition) is 0. The lowest BCUT2D eigenvalue weighted by Crippen LogP contribution is -2.05. The molecule has 0 saturated heterocycles. The van der Waals surface area contributed by atoms with E-state index in [1.807, 2.05) is 0 Å². The first-order valence-electron chi connectivity index (χ1n) is 7.44. The van der Waals surface area contributed by atoms with Gasteiger partial charge in [0, 0.05) is 0 Å². The maximum atomic E-state index is 2.48. The van der Waals surface area contributed by atoms with Crippen molar-refractivity contribution >= 4 is 0 Å². The van der Waals surface area contributed by atoms with Gasteiger partial charge in [0.1, 0.15) is 0 Å². The summed E-state index contributed by atoms with van der Waals surface area (Å²) < 4.78 is 0. The van der Waals surface area contributed by atoms with Crippen LogP contribution in [0.15, 0.2) is 0 Å². The first-order valence-corrected chi connectivity index (χ1v) is 7.44. The molecular formula is C16H32. The van der Waals surface area contributed by atoms with Gasteiger partial charge in [0.05, 0.1) is 0 Å². The van der Waals surface area contributed by atoms with Crippen LogP contribution in [0.3, 0.4) is 0 Å². The molecule has 96 valence electrons. The molecule has 0 heteroatoms. The molecule has 0 heterocycles. The molecule has 0 N–H and O–H groups in total. The summed E-state index contributed by atoms with van der Waals surface area (Å²) >= 11 is 0. The number of rotatable bonds is 8. The minimum atomic E-state index is 0.720. The van der Waals surface area contributed by atoms with Crippen LogP contribution in [0.2, 0.25) is 0 Å². The highest BCUT2D eigenvalue weighted by Gasteiger charge is 2.46. The van der Waals surface area contributed by atoms with Gasteiger partial charge < -0.3 is 0 Å². The Morgan fingerprint density at radius 2 is 1.62 bits per heavy atom. The Hall–Kier alpha value is 0. The first kappa shape index (κ1) is 14.1. The zero-order valence-corrected chi connectivity index (χ0v) is 12.2. The molecule has 1 aliphatic rings. The van der Waals surface area contributed by atoms with Crippen LogP contribution in [0.25, 0.3) is 0 Å². The van der Waals surface area contributed by atoms with E-state index in [2.05, 4.69) is 34.6 Å². The van der Waals surface area contributed by atoms with Crippen LogP contribution < -0.4 is 0 Å². The van der Waals surface area contributed by atoms with Gasteiger partial charge in [-0.1, -0.05) is 66.7 Å². The fraction of sp³-hybridized carbons (Fsp3) is 1.00. The van der Waals surface area contributed by atoms with Crippen LogP contribution in [-0.4, -0.2) is 0 Å². The van der Waals surface area contributed by atoms with E-state index >= 15 is 0 Å². The molecule has 0 aromatic carbocycles. The first-order chi connectivity index (χ1) is 7.44. The molecule has 0 aliphatic heterocycles. The van der Waals surface area contributed by atoms with Crippen LogP contribution >= 0.6 is 0 Å². The Labute approximate surface area is 103 Å². The Balaban J connectivity index is 1.96. The molecule has 1 fully saturated rings. The molecule has 0 bridgehead atoms. The van der Waals surface area contributed by atoms with E-state index in [9.17, 15) is 0 Å². The molecule has 1 aliphatic carbocycles. The monoisotopic (exact) mass is 224 g/mol. The summed E-state index contributed by atoms with van der Waals surface area (Å²) in [6.07, 6.45) is 10.2. The van der Waals surface area contributed by atoms with Crippen LogP contribution in [0.5, 0.6) is 0 Å². The lowest BCUT2D eigenvalue weighted by Gasteiger charge is -2.17. The molecule has 0 spiro atoms. The van der Waals surface area contributed by atoms with Crippen LogP contribution in [0, 0.1) is 23.2 Å². The average Bonchev–Trinajstić information content (AvgIpc) is 2.72. The molecule has 3 atom stereocenters. The van der Waals surface area contributed by atoms with Gasteiger partial charge in [-0.2, -0.15) is 0 Å². The van der Waals surface area contributed by atoms with Crippen molar-refractivity contribution in [2.45, 2.75) is 79.6 Å². The van der Waals surface area contributed by atoms with Gasteiger partial charge in [-0.15, -0.1) is 0 Å². The summed E-state index contributed by atoms with van der Waals surface area (Å²) in [6, 6.07) is 0. The smallest absolute Gasteiger partial charge is 0.0295 e. The minimum Gasteiger partial charge on any atom is -0.0628 e. The third-order valence-corrected chi connectivity index (χ3v) is 4.60. The fourth-order valence-corrected chi connectivity index (χ4v) is 3.05. The molecule has 16 heavy (non-hydrogen) atoms. The number of hydrogen-bond acceptors (Lipinski definition) is 0. The highest BCUT2D eigenvalue weighted by molar-refractivity contribution is 4.96. The summed E-state index contributed by atoms with van der Waals surface area (Å²) in [7, 11) is 0. The van der Waals surface area contributed by atoms with E-state index in [4.69, 9.17) is 0 Å². The summed E-state index contributed by atoms with van der Waals surface area (Å²) in [5.74, 6) is 2.84. The van der Waals surface area contributed by atoms with E-state index in [0.29, 0.717) is 0 Å². The van der Waals surface area contributed by atoms with Crippen molar-refractivity contribution < 1.29 is 0 Å². The quantitative estimate of drug-likeness (QED) is 0.466. The van der Waals surface area contributed by atoms with E-state index in [1.54, 1.807) is 0 Å². The second kappa shape index (κ2) is 6.07. The minimum absolute atomic E-state index is 0.720. The SMILES string of the molecule is CC(C)CCCCCC(C)CC1(C)CC1C. The van der Waals surface area contributed by atoms with Crippen LogP contribution in [0.1, 0.15) is 79.6 Å². The second-order valence-corrected chi connectivity index (χ2v) is 7.10. The normalized spacial score (nSPS) is 30.8. The largest absolute Gasteiger partial charge is 0.0628 e. The van der Waals surface area contributed by atoms with Crippen molar-refractivity contribution in [2.75, 3.05) is 0 Å². The molecule has 0 aromatic rings. The second-order valence-electron chi connectivity index (χ2n) is 7.10. The third kappa shape index (κ3) is 4.89. The van der Waals surface area contributed by atoms with Gasteiger partial charge in [0.2, 0.25) is 0 Å². The highest BCUT2D eigenvalue weighted by atomic mass is 14.5. The summed E-state index contributed by atoms with van der Waals surface area (Å²) in [6.45, 7) is 12.0. The van der Waals surface area contributed by atoms with Gasteiger partial charge in [-0.3, -0.25) is 0 Å². The Kier molecular flexibility index (Phi) is 5.34. The average molecular weight is 224 g/mol. The van der Waals surface area contributed by atoms with E-state index in [-0.39, 0.29) is 0 Å². The van der Waals surface area contributed by atoms with E-state index < -0.39 is 0 Å². The van der Waals surface area contributed by atoms with Crippen molar-refractivity contribution in [3.63, 3.8) is 0 Å². The molecule has 1 rings (SSSR count). The zero-order chi connectivity index (χ0) is 12.2.